The van der Waals surface area contributed by atoms with Crippen LogP contribution in [0.1, 0.15) is 51.8 Å². The number of aromatic nitrogens is 1. The molecule has 0 aliphatic carbocycles. The van der Waals surface area contributed by atoms with E-state index in [1.165, 1.54) is 0 Å². The van der Waals surface area contributed by atoms with E-state index in [2.05, 4.69) is 17.2 Å². The fourth-order valence-electron chi connectivity index (χ4n) is 2.39. The molecule has 0 aliphatic heterocycles. The quantitative estimate of drug-likeness (QED) is 0.804. The number of benzene rings is 1. The van der Waals surface area contributed by atoms with Crippen LogP contribution in [0.2, 0.25) is 0 Å². The minimum Gasteiger partial charge on any atom is -0.326 e. The van der Waals surface area contributed by atoms with Crippen molar-refractivity contribution in [1.82, 2.24) is 4.98 Å². The third-order valence-corrected chi connectivity index (χ3v) is 3.70. The lowest BCUT2D eigenvalue weighted by Crippen LogP contribution is -2.27. The van der Waals surface area contributed by atoms with Crippen LogP contribution in [-0.2, 0) is 4.79 Å². The van der Waals surface area contributed by atoms with Gasteiger partial charge in [0.1, 0.15) is 0 Å². The Bertz CT molecular complexity index is 757. The first-order valence-corrected chi connectivity index (χ1v) is 8.03. The van der Waals surface area contributed by atoms with E-state index < -0.39 is 5.41 Å². The number of nitrogens with zero attached hydrogens (tertiary/aromatic N) is 1. The number of anilines is 1. The Morgan fingerprint density at radius 2 is 1.96 bits per heavy atom. The first-order chi connectivity index (χ1) is 10.7. The maximum absolute atomic E-state index is 12.1. The molecule has 4 heteroatoms. The van der Waals surface area contributed by atoms with Crippen LogP contribution in [0.15, 0.2) is 24.3 Å². The van der Waals surface area contributed by atoms with Crippen molar-refractivity contribution < 1.29 is 4.79 Å². The van der Waals surface area contributed by atoms with Crippen molar-refractivity contribution in [1.29, 1.82) is 5.41 Å². The van der Waals surface area contributed by atoms with Crippen molar-refractivity contribution in [2.24, 2.45) is 5.41 Å². The van der Waals surface area contributed by atoms with Crippen LogP contribution in [0.5, 0.6) is 0 Å². The summed E-state index contributed by atoms with van der Waals surface area (Å²) in [4.78, 5) is 16.7. The molecule has 0 saturated carbocycles. The smallest absolute Gasteiger partial charge is 0.229 e. The van der Waals surface area contributed by atoms with Crippen LogP contribution in [0.25, 0.3) is 10.9 Å². The van der Waals surface area contributed by atoms with Gasteiger partial charge in [-0.25, -0.2) is 0 Å². The average molecular weight is 311 g/mol. The van der Waals surface area contributed by atoms with E-state index in [0.29, 0.717) is 5.71 Å². The Balaban J connectivity index is 2.44. The Morgan fingerprint density at radius 3 is 2.57 bits per heavy atom. The van der Waals surface area contributed by atoms with Gasteiger partial charge in [0.05, 0.1) is 5.52 Å². The van der Waals surface area contributed by atoms with E-state index >= 15 is 0 Å². The van der Waals surface area contributed by atoms with Gasteiger partial charge in [0.2, 0.25) is 5.91 Å². The highest BCUT2D eigenvalue weighted by atomic mass is 16.2. The molecule has 2 N–H and O–H groups in total. The Kier molecular flexibility index (Phi) is 4.83. The molecule has 2 rings (SSSR count). The van der Waals surface area contributed by atoms with Gasteiger partial charge in [0.15, 0.2) is 0 Å². The van der Waals surface area contributed by atoms with E-state index in [4.69, 9.17) is 5.41 Å². The first-order valence-electron chi connectivity index (χ1n) is 8.03. The standard InChI is InChI=1S/C19H25N3O/c1-6-7-16(20)15-10-12(2)21-17-11-13(8-9-14(15)17)22-18(23)19(3,4)5/h8-11,20H,6-7H2,1-5H3,(H,22,23). The molecule has 4 nitrogen and oxygen atoms in total. The highest BCUT2D eigenvalue weighted by Crippen LogP contribution is 2.25. The minimum absolute atomic E-state index is 0.0246. The van der Waals surface area contributed by atoms with Crippen LogP contribution in [0.3, 0.4) is 0 Å². The second-order valence-electron chi connectivity index (χ2n) is 6.98. The number of amides is 1. The Morgan fingerprint density at radius 1 is 1.26 bits per heavy atom. The zero-order valence-corrected chi connectivity index (χ0v) is 14.6. The average Bonchev–Trinajstić information content (AvgIpc) is 2.45. The van der Waals surface area contributed by atoms with Crippen molar-refractivity contribution in [2.75, 3.05) is 5.32 Å². The number of rotatable bonds is 4. The van der Waals surface area contributed by atoms with Crippen LogP contribution in [0, 0.1) is 17.7 Å². The number of carbonyl (C=O) groups is 1. The fraction of sp³-hybridized carbons (Fsp3) is 0.421. The van der Waals surface area contributed by atoms with Crippen LogP contribution < -0.4 is 5.32 Å². The molecule has 0 unspecified atom stereocenters. The molecule has 1 aromatic carbocycles. The van der Waals surface area contributed by atoms with Gasteiger partial charge in [-0.1, -0.05) is 40.2 Å². The molecule has 0 atom stereocenters. The van der Waals surface area contributed by atoms with Crippen LogP contribution in [0.4, 0.5) is 5.69 Å². The highest BCUT2D eigenvalue weighted by Gasteiger charge is 2.21. The molecule has 1 aromatic heterocycles. The third kappa shape index (κ3) is 3.95. The number of hydrogen-bond donors (Lipinski definition) is 2. The molecular weight excluding hydrogens is 286 g/mol. The van der Waals surface area contributed by atoms with Gasteiger partial charge in [0.25, 0.3) is 0 Å². The summed E-state index contributed by atoms with van der Waals surface area (Å²) in [6, 6.07) is 7.67. The molecule has 2 aromatic rings. The summed E-state index contributed by atoms with van der Waals surface area (Å²) >= 11 is 0. The summed E-state index contributed by atoms with van der Waals surface area (Å²) in [5.41, 5.74) is 3.56. The maximum Gasteiger partial charge on any atom is 0.229 e. The van der Waals surface area contributed by atoms with E-state index in [1.807, 2.05) is 52.0 Å². The second-order valence-corrected chi connectivity index (χ2v) is 6.98. The number of aryl methyl sites for hydroxylation is 1. The normalized spacial score (nSPS) is 11.5. The van der Waals surface area contributed by atoms with E-state index in [1.54, 1.807) is 0 Å². The number of fused-ring (bicyclic) bond motifs is 1. The summed E-state index contributed by atoms with van der Waals surface area (Å²) in [5.74, 6) is -0.0246. The summed E-state index contributed by atoms with van der Waals surface area (Å²) < 4.78 is 0. The lowest BCUT2D eigenvalue weighted by Gasteiger charge is -2.18. The van der Waals surface area contributed by atoms with Crippen molar-refractivity contribution in [3.63, 3.8) is 0 Å². The number of nitrogens with one attached hydrogen (secondary N) is 2. The summed E-state index contributed by atoms with van der Waals surface area (Å²) in [6.07, 6.45) is 1.70. The minimum atomic E-state index is -0.441. The molecule has 1 amide bonds. The largest absolute Gasteiger partial charge is 0.326 e. The zero-order chi connectivity index (χ0) is 17.2. The summed E-state index contributed by atoms with van der Waals surface area (Å²) in [5, 5.41) is 12.2. The molecule has 0 saturated heterocycles. The zero-order valence-electron chi connectivity index (χ0n) is 14.6. The topological polar surface area (TPSA) is 65.8 Å². The predicted molar refractivity (Wildman–Crippen MR) is 96.3 cm³/mol. The molecule has 0 aliphatic rings. The summed E-state index contributed by atoms with van der Waals surface area (Å²) in [6.45, 7) is 9.66. The molecule has 1 heterocycles. The van der Waals surface area contributed by atoms with E-state index in [-0.39, 0.29) is 5.91 Å². The van der Waals surface area contributed by atoms with E-state index in [0.717, 1.165) is 40.7 Å². The summed E-state index contributed by atoms with van der Waals surface area (Å²) in [7, 11) is 0. The lowest BCUT2D eigenvalue weighted by atomic mass is 9.95. The van der Waals surface area contributed by atoms with Gasteiger partial charge in [-0.05, 0) is 31.5 Å². The molecular formula is C19H25N3O. The van der Waals surface area contributed by atoms with Crippen molar-refractivity contribution in [3.05, 3.63) is 35.5 Å². The number of carbonyl (C=O) groups excluding carboxylic acids is 1. The second kappa shape index (κ2) is 6.49. The van der Waals surface area contributed by atoms with Gasteiger partial charge in [-0.3, -0.25) is 9.78 Å². The van der Waals surface area contributed by atoms with Crippen molar-refractivity contribution in [2.45, 2.75) is 47.5 Å². The predicted octanol–water partition coefficient (Wildman–Crippen LogP) is 4.70. The third-order valence-electron chi connectivity index (χ3n) is 3.70. The maximum atomic E-state index is 12.1. The molecule has 0 radical (unpaired) electrons. The highest BCUT2D eigenvalue weighted by molar-refractivity contribution is 6.09. The van der Waals surface area contributed by atoms with Gasteiger partial charge < -0.3 is 10.7 Å². The lowest BCUT2D eigenvalue weighted by molar-refractivity contribution is -0.123. The monoisotopic (exact) mass is 311 g/mol. The fourth-order valence-corrected chi connectivity index (χ4v) is 2.39. The molecule has 23 heavy (non-hydrogen) atoms. The van der Waals surface area contributed by atoms with Crippen LogP contribution in [-0.4, -0.2) is 16.6 Å². The van der Waals surface area contributed by atoms with Gasteiger partial charge in [0, 0.05) is 33.5 Å². The number of hydrogen-bond acceptors (Lipinski definition) is 3. The van der Waals surface area contributed by atoms with Crippen LogP contribution >= 0.6 is 0 Å². The van der Waals surface area contributed by atoms with Crippen molar-refractivity contribution >= 4 is 28.2 Å². The molecule has 0 fully saturated rings. The van der Waals surface area contributed by atoms with Gasteiger partial charge >= 0.3 is 0 Å². The molecule has 122 valence electrons. The molecule has 0 spiro atoms. The SMILES string of the molecule is CCCC(=N)c1cc(C)nc2cc(NC(=O)C(C)(C)C)ccc12. The first kappa shape index (κ1) is 17.1. The van der Waals surface area contributed by atoms with E-state index in [9.17, 15) is 4.79 Å². The van der Waals surface area contributed by atoms with Gasteiger partial charge in [-0.15, -0.1) is 0 Å². The number of pyridine rings is 1. The Labute approximate surface area is 137 Å². The molecule has 0 bridgehead atoms. The van der Waals surface area contributed by atoms with Gasteiger partial charge in [-0.2, -0.15) is 0 Å². The Hall–Kier alpha value is -2.23. The van der Waals surface area contributed by atoms with Crippen molar-refractivity contribution in [3.8, 4) is 0 Å².